The van der Waals surface area contributed by atoms with Gasteiger partial charge in [-0.2, -0.15) is 0 Å². The molecule has 0 unspecified atom stereocenters. The topological polar surface area (TPSA) is 35.0 Å². The summed E-state index contributed by atoms with van der Waals surface area (Å²) in [6.45, 7) is 0. The quantitative estimate of drug-likeness (QED) is 0.363. The zero-order chi connectivity index (χ0) is 0. The van der Waals surface area contributed by atoms with Crippen molar-refractivity contribution in [3.8, 4) is 0 Å². The zero-order valence-corrected chi connectivity index (χ0v) is 2.39. The summed E-state index contributed by atoms with van der Waals surface area (Å²) in [6.07, 6.45) is 0. The van der Waals surface area contributed by atoms with Gasteiger partial charge < -0.3 is 6.15 Å². The summed E-state index contributed by atoms with van der Waals surface area (Å²) in [6, 6.07) is 0. The Labute approximate surface area is 52.0 Å². The van der Waals surface area contributed by atoms with E-state index in [1.54, 1.807) is 0 Å². The van der Waals surface area contributed by atoms with E-state index >= 15 is 0 Å². The number of hydrogen-bond donors (Lipinski definition) is 1. The van der Waals surface area contributed by atoms with E-state index in [2.05, 4.69) is 0 Å². The summed E-state index contributed by atoms with van der Waals surface area (Å²) in [5.41, 5.74) is 0. The summed E-state index contributed by atoms with van der Waals surface area (Å²) in [4.78, 5) is 0. The van der Waals surface area contributed by atoms with Gasteiger partial charge in [-0.15, -0.1) is 0 Å². The molecular formula is H10AlCrNSi. The predicted octanol–water partition coefficient (Wildman–Crippen LogP) is -2.48. The Hall–Kier alpha value is 1.24. The van der Waals surface area contributed by atoms with Crippen molar-refractivity contribution in [2.75, 3.05) is 0 Å². The fraction of sp³-hybridized carbons (Fsp3) is 0. The van der Waals surface area contributed by atoms with Gasteiger partial charge in [-0.05, 0) is 11.0 Å². The van der Waals surface area contributed by atoms with Crippen LogP contribution in [0.4, 0.5) is 0 Å². The van der Waals surface area contributed by atoms with Crippen LogP contribution in [0, 0.1) is 0 Å². The fourth-order valence-electron chi connectivity index (χ4n) is 0. The molecule has 4 heavy (non-hydrogen) atoms. The van der Waals surface area contributed by atoms with E-state index < -0.39 is 0 Å². The molecule has 0 fully saturated rings. The Morgan fingerprint density at radius 1 is 1.00 bits per heavy atom. The smallest absolute Gasteiger partial charge is 0.187 e. The minimum atomic E-state index is 0. The van der Waals surface area contributed by atoms with Gasteiger partial charge in [0.25, 0.3) is 0 Å². The Balaban J connectivity index is 0. The van der Waals surface area contributed by atoms with Gasteiger partial charge in [-0.1, -0.05) is 0 Å². The summed E-state index contributed by atoms with van der Waals surface area (Å²) >= 11 is 0. The van der Waals surface area contributed by atoms with Gasteiger partial charge in [0.1, 0.15) is 0 Å². The van der Waals surface area contributed by atoms with E-state index in [0.717, 1.165) is 0 Å². The maximum absolute atomic E-state index is 0. The standard InChI is InChI=1S/Al.Cr.H3N.H4Si.3H/h;;1H3;1H4;;;. The molecule has 0 saturated heterocycles. The summed E-state index contributed by atoms with van der Waals surface area (Å²) in [7, 11) is 0. The van der Waals surface area contributed by atoms with Gasteiger partial charge in [-0.25, -0.2) is 0 Å². The van der Waals surface area contributed by atoms with Gasteiger partial charge >= 0.3 is 0 Å². The SMILES string of the molecule is N.[AlH3].[Cr].[SiH4]. The maximum Gasteiger partial charge on any atom is 0.187 e. The van der Waals surface area contributed by atoms with E-state index in [4.69, 9.17) is 0 Å². The first-order valence-electron chi connectivity index (χ1n) is 0. The zero-order valence-electron chi connectivity index (χ0n) is 1.12. The third-order valence-corrected chi connectivity index (χ3v) is 0. The molecule has 0 bridgehead atoms. The Kier molecular flexibility index (Phi) is 442. The second-order valence-corrected chi connectivity index (χ2v) is 0. The summed E-state index contributed by atoms with van der Waals surface area (Å²) in [5.74, 6) is 0. The Bertz CT molecular complexity index is 8.00. The molecule has 4 heteroatoms. The molecule has 0 aliphatic carbocycles. The van der Waals surface area contributed by atoms with Crippen molar-refractivity contribution in [2.45, 2.75) is 0 Å². The average molecular weight is 131 g/mol. The van der Waals surface area contributed by atoms with Crippen molar-refractivity contribution >= 4 is 28.3 Å². The van der Waals surface area contributed by atoms with E-state index in [0.29, 0.717) is 0 Å². The van der Waals surface area contributed by atoms with Gasteiger partial charge in [0.05, 0.1) is 0 Å². The van der Waals surface area contributed by atoms with Gasteiger partial charge in [0.15, 0.2) is 17.4 Å². The third kappa shape index (κ3) is 10.6. The van der Waals surface area contributed by atoms with Crippen LogP contribution in [0.25, 0.3) is 0 Å². The van der Waals surface area contributed by atoms with E-state index in [9.17, 15) is 0 Å². The van der Waals surface area contributed by atoms with Crippen LogP contribution in [-0.2, 0) is 17.4 Å². The molecule has 0 aliphatic heterocycles. The molecule has 0 rings (SSSR count). The minimum Gasteiger partial charge on any atom is -0.344 e. The van der Waals surface area contributed by atoms with E-state index in [-0.39, 0.29) is 51.8 Å². The molecule has 0 aromatic rings. The largest absolute Gasteiger partial charge is 0.344 e. The van der Waals surface area contributed by atoms with Crippen LogP contribution < -0.4 is 6.15 Å². The van der Waals surface area contributed by atoms with Gasteiger partial charge in [0, 0.05) is 17.4 Å². The average Bonchev–Trinajstić information content (AvgIpc) is 0. The fourth-order valence-corrected chi connectivity index (χ4v) is 0. The predicted molar refractivity (Wildman–Crippen MR) is 26.3 cm³/mol. The van der Waals surface area contributed by atoms with Crippen molar-refractivity contribution in [3.63, 3.8) is 0 Å². The molecule has 0 amide bonds. The molecule has 3 N–H and O–H groups in total. The second kappa shape index (κ2) is 28.9. The first-order chi connectivity index (χ1) is 0. The second-order valence-electron chi connectivity index (χ2n) is 0. The van der Waals surface area contributed by atoms with Crippen LogP contribution in [0.1, 0.15) is 0 Å². The van der Waals surface area contributed by atoms with Crippen molar-refractivity contribution < 1.29 is 17.4 Å². The van der Waals surface area contributed by atoms with E-state index in [1.165, 1.54) is 0 Å². The molecular weight excluding hydrogens is 121 g/mol. The first kappa shape index (κ1) is 61.2. The van der Waals surface area contributed by atoms with Crippen LogP contribution >= 0.6 is 0 Å². The molecule has 0 radical (unpaired) electrons. The minimum absolute atomic E-state index is 0. The van der Waals surface area contributed by atoms with Crippen LogP contribution in [-0.4, -0.2) is 28.3 Å². The summed E-state index contributed by atoms with van der Waals surface area (Å²) in [5, 5.41) is 0. The van der Waals surface area contributed by atoms with Crippen LogP contribution in [0.5, 0.6) is 0 Å². The molecule has 1 nitrogen and oxygen atoms in total. The molecule has 0 aromatic heterocycles. The van der Waals surface area contributed by atoms with Gasteiger partial charge in [0.2, 0.25) is 0 Å². The normalized spacial score (nSPS) is 0. The first-order valence-corrected chi connectivity index (χ1v) is 0. The molecule has 0 saturated carbocycles. The monoisotopic (exact) mass is 131 g/mol. The Morgan fingerprint density at radius 3 is 1.00 bits per heavy atom. The molecule has 0 aromatic carbocycles. The molecule has 0 heterocycles. The Morgan fingerprint density at radius 2 is 1.00 bits per heavy atom. The number of hydrogen-bond acceptors (Lipinski definition) is 1. The molecule has 0 aliphatic rings. The van der Waals surface area contributed by atoms with Crippen molar-refractivity contribution in [1.82, 2.24) is 6.15 Å². The molecule has 0 atom stereocenters. The number of rotatable bonds is 0. The maximum atomic E-state index is 0. The van der Waals surface area contributed by atoms with Crippen molar-refractivity contribution in [3.05, 3.63) is 0 Å². The molecule has 0 spiro atoms. The summed E-state index contributed by atoms with van der Waals surface area (Å²) < 4.78 is 0. The van der Waals surface area contributed by atoms with E-state index in [1.807, 2.05) is 0 Å². The van der Waals surface area contributed by atoms with Crippen LogP contribution in [0.2, 0.25) is 0 Å². The van der Waals surface area contributed by atoms with Crippen molar-refractivity contribution in [1.29, 1.82) is 0 Å². The van der Waals surface area contributed by atoms with Crippen molar-refractivity contribution in [2.24, 2.45) is 0 Å². The van der Waals surface area contributed by atoms with Gasteiger partial charge in [-0.3, -0.25) is 0 Å². The third-order valence-electron chi connectivity index (χ3n) is 0. The van der Waals surface area contributed by atoms with Crippen LogP contribution in [0.3, 0.4) is 0 Å². The van der Waals surface area contributed by atoms with Crippen LogP contribution in [0.15, 0.2) is 0 Å². The molecule has 28 valence electrons.